The minimum absolute atomic E-state index is 0.123. The molecule has 2 N–H and O–H groups in total. The number of aliphatic imine (C=N–C) groups is 1. The van der Waals surface area contributed by atoms with Gasteiger partial charge in [-0.1, -0.05) is 24.3 Å². The van der Waals surface area contributed by atoms with Crippen LogP contribution >= 0.6 is 0 Å². The van der Waals surface area contributed by atoms with Gasteiger partial charge in [-0.05, 0) is 59.5 Å². The highest BCUT2D eigenvalue weighted by molar-refractivity contribution is 6.10. The van der Waals surface area contributed by atoms with E-state index in [1.54, 1.807) is 17.3 Å². The van der Waals surface area contributed by atoms with Gasteiger partial charge in [-0.15, -0.1) is 13.2 Å². The van der Waals surface area contributed by atoms with Crippen LogP contribution in [0.5, 0.6) is 5.75 Å². The number of rotatable bonds is 7. The molecule has 0 aliphatic carbocycles. The lowest BCUT2D eigenvalue weighted by Gasteiger charge is -2.16. The number of nitrogens with two attached hydrogens (primary N) is 1. The summed E-state index contributed by atoms with van der Waals surface area (Å²) in [6, 6.07) is 15.0. The van der Waals surface area contributed by atoms with Crippen LogP contribution in [-0.2, 0) is 19.6 Å². The first-order chi connectivity index (χ1) is 16.7. The van der Waals surface area contributed by atoms with Crippen LogP contribution in [0, 0.1) is 6.92 Å². The van der Waals surface area contributed by atoms with Gasteiger partial charge in [0, 0.05) is 42.8 Å². The third kappa shape index (κ3) is 5.87. The molecule has 0 spiro atoms. The van der Waals surface area contributed by atoms with Crippen molar-refractivity contribution in [2.75, 3.05) is 0 Å². The van der Waals surface area contributed by atoms with Gasteiger partial charge < -0.3 is 15.4 Å². The van der Waals surface area contributed by atoms with Crippen LogP contribution in [0.15, 0.2) is 72.0 Å². The minimum atomic E-state index is -4.75. The first kappa shape index (κ1) is 24.0. The third-order valence-electron chi connectivity index (χ3n) is 5.53. The lowest BCUT2D eigenvalue weighted by atomic mass is 9.97. The van der Waals surface area contributed by atoms with Gasteiger partial charge in [0.05, 0.1) is 12.2 Å². The van der Waals surface area contributed by atoms with E-state index < -0.39 is 6.36 Å². The van der Waals surface area contributed by atoms with Gasteiger partial charge >= 0.3 is 6.36 Å². The summed E-state index contributed by atoms with van der Waals surface area (Å²) in [7, 11) is 0. The lowest BCUT2D eigenvalue weighted by Crippen LogP contribution is -2.23. The van der Waals surface area contributed by atoms with Crippen LogP contribution in [0.4, 0.5) is 13.2 Å². The average Bonchev–Trinajstić information content (AvgIpc) is 3.13. The Labute approximate surface area is 200 Å². The number of allylic oxidation sites excluding steroid dienone is 1. The molecule has 2 heterocycles. The summed E-state index contributed by atoms with van der Waals surface area (Å²) in [6.07, 6.45) is 0.127. The van der Waals surface area contributed by atoms with Crippen molar-refractivity contribution in [2.45, 2.75) is 32.9 Å². The van der Waals surface area contributed by atoms with Crippen LogP contribution in [0.1, 0.15) is 38.3 Å². The summed E-state index contributed by atoms with van der Waals surface area (Å²) in [6.45, 7) is 2.93. The molecule has 1 amide bonds. The smallest absolute Gasteiger partial charge is 0.406 e. The van der Waals surface area contributed by atoms with Crippen molar-refractivity contribution >= 4 is 17.7 Å². The number of halogens is 3. The average molecular weight is 480 g/mol. The van der Waals surface area contributed by atoms with Gasteiger partial charge in [0.15, 0.2) is 0 Å². The Kier molecular flexibility index (Phi) is 6.86. The molecule has 1 aliphatic heterocycles. The van der Waals surface area contributed by atoms with E-state index in [1.165, 1.54) is 30.5 Å². The summed E-state index contributed by atoms with van der Waals surface area (Å²) >= 11 is 0. The standard InChI is InChI=1S/C26H23F3N4O2/c1-17-10-19(21(12-30)13-31-14-22-4-2-3-9-32-22)11-20-16-33(25(34)24(17)20)15-18-5-7-23(8-6-18)35-26(27,28)29/h2-13H,14-16,30H2,1H3. The Balaban J connectivity index is 1.47. The number of carbonyl (C=O) groups excluding carboxylic acids is 1. The number of carbonyl (C=O) groups is 1. The molecule has 6 nitrogen and oxygen atoms in total. The summed E-state index contributed by atoms with van der Waals surface area (Å²) in [5.74, 6) is -0.426. The van der Waals surface area contributed by atoms with Gasteiger partial charge in [-0.3, -0.25) is 14.8 Å². The number of aromatic nitrogens is 1. The van der Waals surface area contributed by atoms with Gasteiger partial charge in [0.25, 0.3) is 5.91 Å². The fraction of sp³-hybridized carbons (Fsp3) is 0.192. The van der Waals surface area contributed by atoms with Crippen molar-refractivity contribution < 1.29 is 22.7 Å². The molecule has 180 valence electrons. The number of alkyl halides is 3. The van der Waals surface area contributed by atoms with E-state index in [0.29, 0.717) is 24.2 Å². The van der Waals surface area contributed by atoms with Gasteiger partial charge in [-0.2, -0.15) is 0 Å². The molecule has 35 heavy (non-hydrogen) atoms. The van der Waals surface area contributed by atoms with Crippen molar-refractivity contribution in [1.29, 1.82) is 0 Å². The van der Waals surface area contributed by atoms with Gasteiger partial charge in [-0.25, -0.2) is 0 Å². The van der Waals surface area contributed by atoms with E-state index in [9.17, 15) is 18.0 Å². The fourth-order valence-electron chi connectivity index (χ4n) is 3.98. The van der Waals surface area contributed by atoms with E-state index in [-0.39, 0.29) is 18.2 Å². The predicted octanol–water partition coefficient (Wildman–Crippen LogP) is 5.02. The molecule has 0 fully saturated rings. The highest BCUT2D eigenvalue weighted by atomic mass is 19.4. The Morgan fingerprint density at radius 2 is 1.97 bits per heavy atom. The number of fused-ring (bicyclic) bond motifs is 1. The Hall–Kier alpha value is -4.14. The van der Waals surface area contributed by atoms with E-state index in [2.05, 4.69) is 14.7 Å². The molecule has 2 aromatic carbocycles. The molecule has 1 aromatic heterocycles. The molecular weight excluding hydrogens is 457 g/mol. The maximum absolute atomic E-state index is 13.0. The monoisotopic (exact) mass is 480 g/mol. The number of nitrogens with zero attached hydrogens (tertiary/aromatic N) is 3. The van der Waals surface area contributed by atoms with Crippen molar-refractivity contribution in [3.63, 3.8) is 0 Å². The molecule has 1 aliphatic rings. The number of ether oxygens (including phenoxy) is 1. The summed E-state index contributed by atoms with van der Waals surface area (Å²) < 4.78 is 41.0. The maximum Gasteiger partial charge on any atom is 0.573 e. The van der Waals surface area contributed by atoms with Crippen molar-refractivity contribution in [3.05, 3.63) is 101 Å². The van der Waals surface area contributed by atoms with Crippen LogP contribution in [-0.4, -0.2) is 28.4 Å². The van der Waals surface area contributed by atoms with Crippen molar-refractivity contribution in [1.82, 2.24) is 9.88 Å². The molecule has 0 bridgehead atoms. The largest absolute Gasteiger partial charge is 0.573 e. The maximum atomic E-state index is 13.0. The first-order valence-corrected chi connectivity index (χ1v) is 10.8. The lowest BCUT2D eigenvalue weighted by molar-refractivity contribution is -0.274. The molecule has 0 saturated carbocycles. The molecule has 0 unspecified atom stereocenters. The second-order valence-corrected chi connectivity index (χ2v) is 8.09. The minimum Gasteiger partial charge on any atom is -0.406 e. The number of amides is 1. The third-order valence-corrected chi connectivity index (χ3v) is 5.53. The number of aryl methyl sites for hydroxylation is 1. The number of benzene rings is 2. The quantitative estimate of drug-likeness (QED) is 0.482. The van der Waals surface area contributed by atoms with Crippen LogP contribution in [0.2, 0.25) is 0 Å². The highest BCUT2D eigenvalue weighted by Gasteiger charge is 2.32. The number of pyridine rings is 1. The van der Waals surface area contributed by atoms with Crippen LogP contribution < -0.4 is 10.5 Å². The molecule has 4 rings (SSSR count). The molecule has 3 aromatic rings. The zero-order valence-electron chi connectivity index (χ0n) is 18.9. The van der Waals surface area contributed by atoms with Crippen molar-refractivity contribution in [2.24, 2.45) is 10.7 Å². The van der Waals surface area contributed by atoms with E-state index >= 15 is 0 Å². The van der Waals surface area contributed by atoms with Crippen LogP contribution in [0.25, 0.3) is 5.57 Å². The molecule has 9 heteroatoms. The zero-order valence-corrected chi connectivity index (χ0v) is 18.9. The topological polar surface area (TPSA) is 80.8 Å². The Morgan fingerprint density at radius 3 is 2.63 bits per heavy atom. The van der Waals surface area contributed by atoms with E-state index in [1.807, 2.05) is 37.3 Å². The molecule has 0 radical (unpaired) electrons. The molecular formula is C26H23F3N4O2. The summed E-state index contributed by atoms with van der Waals surface area (Å²) in [5.41, 5.74) is 11.3. The normalized spacial score (nSPS) is 14.0. The molecule has 0 atom stereocenters. The Bertz CT molecular complexity index is 1270. The summed E-state index contributed by atoms with van der Waals surface area (Å²) in [5, 5.41) is 0. The Morgan fingerprint density at radius 1 is 1.20 bits per heavy atom. The summed E-state index contributed by atoms with van der Waals surface area (Å²) in [4.78, 5) is 23.4. The van der Waals surface area contributed by atoms with Gasteiger partial charge in [0.2, 0.25) is 0 Å². The van der Waals surface area contributed by atoms with Crippen molar-refractivity contribution in [3.8, 4) is 5.75 Å². The van der Waals surface area contributed by atoms with E-state index in [4.69, 9.17) is 5.73 Å². The number of hydrogen-bond acceptors (Lipinski definition) is 5. The second-order valence-electron chi connectivity index (χ2n) is 8.09. The second kappa shape index (κ2) is 10.0. The predicted molar refractivity (Wildman–Crippen MR) is 126 cm³/mol. The molecule has 0 saturated heterocycles. The van der Waals surface area contributed by atoms with E-state index in [0.717, 1.165) is 28.0 Å². The van der Waals surface area contributed by atoms with Crippen LogP contribution in [0.3, 0.4) is 0 Å². The van der Waals surface area contributed by atoms with Gasteiger partial charge in [0.1, 0.15) is 5.75 Å². The zero-order chi connectivity index (χ0) is 25.0. The number of hydrogen-bond donors (Lipinski definition) is 1. The fourth-order valence-corrected chi connectivity index (χ4v) is 3.98. The first-order valence-electron chi connectivity index (χ1n) is 10.8. The highest BCUT2D eigenvalue weighted by Crippen LogP contribution is 2.31. The SMILES string of the molecule is Cc1cc(C(C=NCc2ccccn2)=CN)cc2c1C(=O)N(Cc1ccc(OC(F)(F)F)cc1)C2.